The van der Waals surface area contributed by atoms with Gasteiger partial charge in [-0.2, -0.15) is 0 Å². The number of anilines is 1. The van der Waals surface area contributed by atoms with Crippen molar-refractivity contribution in [2.75, 3.05) is 11.9 Å². The summed E-state index contributed by atoms with van der Waals surface area (Å²) in [5.74, 6) is -2.50. The van der Waals surface area contributed by atoms with Crippen LogP contribution in [0.1, 0.15) is 28.8 Å². The van der Waals surface area contributed by atoms with Crippen molar-refractivity contribution in [1.29, 1.82) is 0 Å². The fraction of sp³-hybridized carbons (Fsp3) is 0.200. The Balaban J connectivity index is 1.70. The number of nitrogens with one attached hydrogen (secondary N) is 3. The van der Waals surface area contributed by atoms with Gasteiger partial charge < -0.3 is 10.1 Å². The maximum Gasteiger partial charge on any atom is 0.306 e. The van der Waals surface area contributed by atoms with E-state index in [1.807, 2.05) is 0 Å². The first-order valence-electron chi connectivity index (χ1n) is 8.92. The summed E-state index contributed by atoms with van der Waals surface area (Å²) in [6.45, 7) is 1.27. The van der Waals surface area contributed by atoms with E-state index in [1.165, 1.54) is 12.1 Å². The minimum atomic E-state index is -0.742. The Morgan fingerprint density at radius 1 is 0.968 bits per heavy atom. The van der Waals surface area contributed by atoms with E-state index in [2.05, 4.69) is 32.1 Å². The summed E-state index contributed by atoms with van der Waals surface area (Å²) in [4.78, 5) is 47.4. The van der Waals surface area contributed by atoms with Crippen LogP contribution in [0.25, 0.3) is 0 Å². The zero-order chi connectivity index (χ0) is 23.0. The van der Waals surface area contributed by atoms with Crippen LogP contribution < -0.4 is 16.2 Å². The molecule has 0 atom stereocenters. The number of halogens is 3. The second-order valence-corrected chi connectivity index (χ2v) is 7.94. The molecular weight excluding hydrogens is 513 g/mol. The molecule has 2 aromatic carbocycles. The summed E-state index contributed by atoms with van der Waals surface area (Å²) in [6.07, 6.45) is -0.519. The smallest absolute Gasteiger partial charge is 0.306 e. The molecule has 0 saturated heterocycles. The third-order valence-corrected chi connectivity index (χ3v) is 5.42. The van der Waals surface area contributed by atoms with E-state index in [0.29, 0.717) is 15.2 Å². The number of rotatable bonds is 7. The molecule has 0 fully saturated rings. The minimum Gasteiger partial charge on any atom is -0.456 e. The lowest BCUT2D eigenvalue weighted by molar-refractivity contribution is -0.148. The van der Waals surface area contributed by atoms with Crippen molar-refractivity contribution in [3.8, 4) is 0 Å². The van der Waals surface area contributed by atoms with Crippen LogP contribution in [-0.4, -0.2) is 30.3 Å². The number of carbonyl (C=O) groups excluding carboxylic acids is 4. The zero-order valence-corrected chi connectivity index (χ0v) is 19.4. The largest absolute Gasteiger partial charge is 0.456 e. The van der Waals surface area contributed by atoms with Gasteiger partial charge in [0.1, 0.15) is 0 Å². The standard InChI is InChI=1S/C20H18BrCl2N3O5/c1-11-8-13(21)15(23)9-16(11)24-18(28)10-31-19(29)7-6-17(27)25-26-20(30)12-4-2-3-5-14(12)22/h2-5,8-9H,6-7,10H2,1H3,(H,24,28)(H,25,27)(H,26,30). The average Bonchev–Trinajstić information content (AvgIpc) is 2.73. The highest BCUT2D eigenvalue weighted by Crippen LogP contribution is 2.28. The van der Waals surface area contributed by atoms with Crippen LogP contribution in [0.2, 0.25) is 10.0 Å². The molecular formula is C20H18BrCl2N3O5. The summed E-state index contributed by atoms with van der Waals surface area (Å²) < 4.78 is 5.54. The van der Waals surface area contributed by atoms with Gasteiger partial charge in [-0.05, 0) is 52.7 Å². The third-order valence-electron chi connectivity index (χ3n) is 3.90. The van der Waals surface area contributed by atoms with E-state index >= 15 is 0 Å². The topological polar surface area (TPSA) is 114 Å². The fourth-order valence-electron chi connectivity index (χ4n) is 2.30. The van der Waals surface area contributed by atoms with Gasteiger partial charge in [-0.15, -0.1) is 0 Å². The lowest BCUT2D eigenvalue weighted by Gasteiger charge is -2.11. The molecule has 3 N–H and O–H groups in total. The third kappa shape index (κ3) is 7.86. The Hall–Kier alpha value is -2.62. The van der Waals surface area contributed by atoms with Gasteiger partial charge in [0.25, 0.3) is 11.8 Å². The van der Waals surface area contributed by atoms with Crippen molar-refractivity contribution in [1.82, 2.24) is 10.9 Å². The highest BCUT2D eigenvalue weighted by molar-refractivity contribution is 9.10. The Bertz CT molecular complexity index is 1020. The van der Waals surface area contributed by atoms with E-state index in [0.717, 1.165) is 5.56 Å². The summed E-state index contributed by atoms with van der Waals surface area (Å²) in [5.41, 5.74) is 5.83. The van der Waals surface area contributed by atoms with Crippen LogP contribution in [0.15, 0.2) is 40.9 Å². The molecule has 3 amide bonds. The predicted molar refractivity (Wildman–Crippen MR) is 120 cm³/mol. The molecule has 0 bridgehead atoms. The number of ether oxygens (including phenoxy) is 1. The van der Waals surface area contributed by atoms with Crippen molar-refractivity contribution in [3.05, 3.63) is 62.0 Å². The normalized spacial score (nSPS) is 10.2. The minimum absolute atomic E-state index is 0.192. The Morgan fingerprint density at radius 3 is 2.39 bits per heavy atom. The monoisotopic (exact) mass is 529 g/mol. The Morgan fingerprint density at radius 2 is 1.68 bits per heavy atom. The van der Waals surface area contributed by atoms with Crippen molar-refractivity contribution in [3.63, 3.8) is 0 Å². The van der Waals surface area contributed by atoms with Crippen LogP contribution >= 0.6 is 39.1 Å². The molecule has 0 aliphatic carbocycles. The molecule has 0 aliphatic rings. The van der Waals surface area contributed by atoms with E-state index < -0.39 is 30.3 Å². The van der Waals surface area contributed by atoms with Gasteiger partial charge in [0.15, 0.2) is 6.61 Å². The SMILES string of the molecule is Cc1cc(Br)c(Cl)cc1NC(=O)COC(=O)CCC(=O)NNC(=O)c1ccccc1Cl. The molecule has 0 radical (unpaired) electrons. The van der Waals surface area contributed by atoms with Crippen LogP contribution in [-0.2, 0) is 19.1 Å². The predicted octanol–water partition coefficient (Wildman–Crippen LogP) is 3.79. The lowest BCUT2D eigenvalue weighted by atomic mass is 10.2. The van der Waals surface area contributed by atoms with Crippen LogP contribution in [0, 0.1) is 6.92 Å². The molecule has 11 heteroatoms. The molecule has 0 aliphatic heterocycles. The molecule has 164 valence electrons. The molecule has 0 aromatic heterocycles. The zero-order valence-electron chi connectivity index (χ0n) is 16.3. The molecule has 0 saturated carbocycles. The van der Waals surface area contributed by atoms with Crippen molar-refractivity contribution in [2.24, 2.45) is 0 Å². The van der Waals surface area contributed by atoms with E-state index in [9.17, 15) is 19.2 Å². The lowest BCUT2D eigenvalue weighted by Crippen LogP contribution is -2.41. The Kier molecular flexibility index (Phi) is 9.29. The van der Waals surface area contributed by atoms with E-state index in [-0.39, 0.29) is 23.4 Å². The van der Waals surface area contributed by atoms with E-state index in [1.54, 1.807) is 31.2 Å². The number of hydrazine groups is 1. The van der Waals surface area contributed by atoms with Crippen molar-refractivity contribution < 1.29 is 23.9 Å². The van der Waals surface area contributed by atoms with Crippen molar-refractivity contribution >= 4 is 68.5 Å². The number of aryl methyl sites for hydroxylation is 1. The first-order valence-corrected chi connectivity index (χ1v) is 10.5. The van der Waals surface area contributed by atoms with Crippen LogP contribution in [0.5, 0.6) is 0 Å². The first-order chi connectivity index (χ1) is 14.7. The fourth-order valence-corrected chi connectivity index (χ4v) is 3.15. The highest BCUT2D eigenvalue weighted by Gasteiger charge is 2.14. The number of benzene rings is 2. The molecule has 0 spiro atoms. The van der Waals surface area contributed by atoms with Gasteiger partial charge >= 0.3 is 5.97 Å². The number of hydrogen-bond donors (Lipinski definition) is 3. The number of amides is 3. The quantitative estimate of drug-likeness (QED) is 0.372. The molecule has 0 unspecified atom stereocenters. The molecule has 2 aromatic rings. The summed E-state index contributed by atoms with van der Waals surface area (Å²) in [6, 6.07) is 9.64. The highest BCUT2D eigenvalue weighted by atomic mass is 79.9. The van der Waals surface area contributed by atoms with E-state index in [4.69, 9.17) is 27.9 Å². The molecule has 0 heterocycles. The molecule has 2 rings (SSSR count). The maximum atomic E-state index is 12.0. The second-order valence-electron chi connectivity index (χ2n) is 6.27. The summed E-state index contributed by atoms with van der Waals surface area (Å²) in [7, 11) is 0. The van der Waals surface area contributed by atoms with Gasteiger partial charge in [0, 0.05) is 16.6 Å². The van der Waals surface area contributed by atoms with Crippen LogP contribution in [0.3, 0.4) is 0 Å². The van der Waals surface area contributed by atoms with Gasteiger partial charge in [-0.1, -0.05) is 35.3 Å². The van der Waals surface area contributed by atoms with Gasteiger partial charge in [-0.25, -0.2) is 0 Å². The number of hydrogen-bond acceptors (Lipinski definition) is 5. The van der Waals surface area contributed by atoms with Gasteiger partial charge in [0.05, 0.1) is 22.0 Å². The molecule has 31 heavy (non-hydrogen) atoms. The van der Waals surface area contributed by atoms with Crippen LogP contribution in [0.4, 0.5) is 5.69 Å². The second kappa shape index (κ2) is 11.7. The van der Waals surface area contributed by atoms with Gasteiger partial charge in [0.2, 0.25) is 5.91 Å². The summed E-state index contributed by atoms with van der Waals surface area (Å²) in [5, 5.41) is 3.25. The maximum absolute atomic E-state index is 12.0. The van der Waals surface area contributed by atoms with Crippen molar-refractivity contribution in [2.45, 2.75) is 19.8 Å². The summed E-state index contributed by atoms with van der Waals surface area (Å²) >= 11 is 15.2. The number of esters is 1. The number of carbonyl (C=O) groups is 4. The Labute approximate surface area is 196 Å². The average molecular weight is 531 g/mol. The van der Waals surface area contributed by atoms with Gasteiger partial charge in [-0.3, -0.25) is 30.0 Å². The first kappa shape index (κ1) is 24.6. The molecule has 8 nitrogen and oxygen atoms in total.